The first kappa shape index (κ1) is 17.8. The van der Waals surface area contributed by atoms with Crippen LogP contribution in [0.1, 0.15) is 15.9 Å². The number of methoxy groups -OCH3 is 1. The van der Waals surface area contributed by atoms with Gasteiger partial charge in [0, 0.05) is 18.3 Å². The van der Waals surface area contributed by atoms with Crippen LogP contribution in [-0.4, -0.2) is 28.0 Å². The van der Waals surface area contributed by atoms with Gasteiger partial charge < -0.3 is 15.8 Å². The lowest BCUT2D eigenvalue weighted by atomic mass is 10.1. The summed E-state index contributed by atoms with van der Waals surface area (Å²) in [6.07, 6.45) is 0.548. The average molecular weight is 349 g/mol. The zero-order chi connectivity index (χ0) is 17.7. The lowest BCUT2D eigenvalue weighted by Crippen LogP contribution is -2.26. The molecule has 24 heavy (non-hydrogen) atoms. The van der Waals surface area contributed by atoms with Gasteiger partial charge in [-0.2, -0.15) is 0 Å². The Bertz CT molecular complexity index is 833. The number of carbonyl (C=O) groups excluding carboxylic acids is 1. The summed E-state index contributed by atoms with van der Waals surface area (Å²) in [6.45, 7) is 0.388. The molecule has 5 N–H and O–H groups in total. The van der Waals surface area contributed by atoms with Gasteiger partial charge in [0.2, 0.25) is 10.0 Å². The molecule has 2 aromatic carbocycles. The lowest BCUT2D eigenvalue weighted by molar-refractivity contribution is 0.0955. The van der Waals surface area contributed by atoms with Gasteiger partial charge in [-0.05, 0) is 36.2 Å². The predicted octanol–water partition coefficient (Wildman–Crippen LogP) is 0.897. The van der Waals surface area contributed by atoms with Gasteiger partial charge >= 0.3 is 0 Å². The number of nitrogen functional groups attached to an aromatic ring is 1. The van der Waals surface area contributed by atoms with Crippen molar-refractivity contribution >= 4 is 21.6 Å². The summed E-state index contributed by atoms with van der Waals surface area (Å²) >= 11 is 0. The number of benzene rings is 2. The van der Waals surface area contributed by atoms with Crippen molar-refractivity contribution in [1.82, 2.24) is 5.32 Å². The number of sulfonamides is 1. The fourth-order valence-electron chi connectivity index (χ4n) is 2.14. The van der Waals surface area contributed by atoms with Crippen molar-refractivity contribution in [1.29, 1.82) is 0 Å². The predicted molar refractivity (Wildman–Crippen MR) is 91.3 cm³/mol. The topological polar surface area (TPSA) is 125 Å². The fourth-order valence-corrected chi connectivity index (χ4v) is 2.65. The maximum atomic E-state index is 12.1. The third-order valence-electron chi connectivity index (χ3n) is 3.45. The number of amides is 1. The van der Waals surface area contributed by atoms with E-state index in [0.717, 1.165) is 5.56 Å². The Morgan fingerprint density at radius 2 is 1.83 bits per heavy atom. The summed E-state index contributed by atoms with van der Waals surface area (Å²) in [5, 5.41) is 7.81. The standard InChI is InChI=1S/C16H19N3O4S/c1-23-12-4-7-14(15(17)10-12)16(20)19-9-8-11-2-5-13(6-3-11)24(18,21)22/h2-7,10H,8-9,17H2,1H3,(H,19,20)(H2,18,21,22). The molecule has 128 valence electrons. The summed E-state index contributed by atoms with van der Waals surface area (Å²) in [6, 6.07) is 11.0. The molecule has 0 atom stereocenters. The molecule has 0 bridgehead atoms. The molecule has 1 amide bonds. The van der Waals surface area contributed by atoms with Gasteiger partial charge in [-0.3, -0.25) is 4.79 Å². The fraction of sp³-hybridized carbons (Fsp3) is 0.188. The summed E-state index contributed by atoms with van der Waals surface area (Å²) in [5.41, 5.74) is 7.42. The van der Waals surface area contributed by atoms with Gasteiger partial charge in [0.25, 0.3) is 5.91 Å². The number of nitrogens with two attached hydrogens (primary N) is 2. The summed E-state index contributed by atoms with van der Waals surface area (Å²) in [7, 11) is -2.17. The molecule has 0 aliphatic heterocycles. The third kappa shape index (κ3) is 4.46. The van der Waals surface area contributed by atoms with Crippen LogP contribution in [0.3, 0.4) is 0 Å². The van der Waals surface area contributed by atoms with Crippen molar-refractivity contribution in [3.63, 3.8) is 0 Å². The number of nitrogens with one attached hydrogen (secondary N) is 1. The molecule has 0 saturated carbocycles. The van der Waals surface area contributed by atoms with E-state index in [-0.39, 0.29) is 10.8 Å². The molecule has 0 aromatic heterocycles. The number of hydrogen-bond acceptors (Lipinski definition) is 5. The van der Waals surface area contributed by atoms with Crippen LogP contribution in [0.15, 0.2) is 47.4 Å². The van der Waals surface area contributed by atoms with Crippen LogP contribution in [0.25, 0.3) is 0 Å². The van der Waals surface area contributed by atoms with Crippen molar-refractivity contribution in [3.05, 3.63) is 53.6 Å². The molecule has 0 spiro atoms. The number of hydrogen-bond donors (Lipinski definition) is 3. The second-order valence-corrected chi connectivity index (χ2v) is 6.71. The Kier molecular flexibility index (Phi) is 5.42. The zero-order valence-electron chi connectivity index (χ0n) is 13.2. The Morgan fingerprint density at radius 1 is 1.17 bits per heavy atom. The number of carbonyl (C=O) groups is 1. The van der Waals surface area contributed by atoms with Gasteiger partial charge in [-0.1, -0.05) is 12.1 Å². The maximum absolute atomic E-state index is 12.1. The van der Waals surface area contributed by atoms with E-state index in [1.54, 1.807) is 30.3 Å². The van der Waals surface area contributed by atoms with Gasteiger partial charge in [-0.15, -0.1) is 0 Å². The van der Waals surface area contributed by atoms with Crippen LogP contribution < -0.4 is 20.9 Å². The van der Waals surface area contributed by atoms with Crippen LogP contribution >= 0.6 is 0 Å². The van der Waals surface area contributed by atoms with Crippen molar-refractivity contribution in [2.45, 2.75) is 11.3 Å². The summed E-state index contributed by atoms with van der Waals surface area (Å²) in [4.78, 5) is 12.2. The van der Waals surface area contributed by atoms with Crippen molar-refractivity contribution in [2.24, 2.45) is 5.14 Å². The Labute approximate surface area is 140 Å². The molecule has 7 nitrogen and oxygen atoms in total. The minimum Gasteiger partial charge on any atom is -0.497 e. The average Bonchev–Trinajstić information content (AvgIpc) is 2.54. The normalized spacial score (nSPS) is 11.1. The van der Waals surface area contributed by atoms with Crippen LogP contribution in [0.4, 0.5) is 5.69 Å². The van der Waals surface area contributed by atoms with Gasteiger partial charge in [0.1, 0.15) is 5.75 Å². The smallest absolute Gasteiger partial charge is 0.253 e. The molecule has 0 aliphatic carbocycles. The number of anilines is 1. The number of rotatable bonds is 6. The van der Waals surface area contributed by atoms with Crippen LogP contribution in [0.5, 0.6) is 5.75 Å². The van der Waals surface area contributed by atoms with Crippen molar-refractivity contribution in [2.75, 3.05) is 19.4 Å². The second kappa shape index (κ2) is 7.33. The molecule has 0 saturated heterocycles. The monoisotopic (exact) mass is 349 g/mol. The first-order chi connectivity index (χ1) is 11.3. The molecular weight excluding hydrogens is 330 g/mol. The van der Waals surface area contributed by atoms with Gasteiger partial charge in [0.05, 0.1) is 17.6 Å². The molecule has 0 heterocycles. The summed E-state index contributed by atoms with van der Waals surface area (Å²) < 4.78 is 27.4. The van der Waals surface area contributed by atoms with Crippen molar-refractivity contribution < 1.29 is 17.9 Å². The highest BCUT2D eigenvalue weighted by Gasteiger charge is 2.10. The molecule has 2 aromatic rings. The van der Waals surface area contributed by atoms with E-state index in [2.05, 4.69) is 5.32 Å². The zero-order valence-corrected chi connectivity index (χ0v) is 14.0. The van der Waals surface area contributed by atoms with E-state index in [4.69, 9.17) is 15.6 Å². The molecule has 0 fully saturated rings. The quantitative estimate of drug-likeness (QED) is 0.668. The minimum absolute atomic E-state index is 0.0568. The molecule has 2 rings (SSSR count). The number of primary sulfonamides is 1. The van der Waals surface area contributed by atoms with E-state index < -0.39 is 10.0 Å². The van der Waals surface area contributed by atoms with E-state index in [1.165, 1.54) is 19.2 Å². The molecule has 8 heteroatoms. The van der Waals surface area contributed by atoms with E-state index in [0.29, 0.717) is 30.0 Å². The highest BCUT2D eigenvalue weighted by molar-refractivity contribution is 7.89. The molecule has 0 aliphatic rings. The molecule has 0 radical (unpaired) electrons. The van der Waals surface area contributed by atoms with Crippen LogP contribution in [-0.2, 0) is 16.4 Å². The lowest BCUT2D eigenvalue weighted by Gasteiger charge is -2.09. The number of ether oxygens (including phenoxy) is 1. The van der Waals surface area contributed by atoms with E-state index >= 15 is 0 Å². The minimum atomic E-state index is -3.69. The maximum Gasteiger partial charge on any atom is 0.253 e. The Morgan fingerprint density at radius 3 is 2.38 bits per heavy atom. The first-order valence-electron chi connectivity index (χ1n) is 7.14. The third-order valence-corrected chi connectivity index (χ3v) is 4.38. The van der Waals surface area contributed by atoms with Crippen LogP contribution in [0, 0.1) is 0 Å². The largest absolute Gasteiger partial charge is 0.497 e. The molecule has 0 unspecified atom stereocenters. The van der Waals surface area contributed by atoms with Gasteiger partial charge in [-0.25, -0.2) is 13.6 Å². The SMILES string of the molecule is COc1ccc(C(=O)NCCc2ccc(S(N)(=O)=O)cc2)c(N)c1. The Hall–Kier alpha value is -2.58. The molecular formula is C16H19N3O4S. The Balaban J connectivity index is 1.93. The van der Waals surface area contributed by atoms with E-state index in [9.17, 15) is 13.2 Å². The second-order valence-electron chi connectivity index (χ2n) is 5.15. The first-order valence-corrected chi connectivity index (χ1v) is 8.69. The summed E-state index contributed by atoms with van der Waals surface area (Å²) in [5.74, 6) is 0.301. The van der Waals surface area contributed by atoms with Gasteiger partial charge in [0.15, 0.2) is 0 Å². The van der Waals surface area contributed by atoms with Crippen molar-refractivity contribution in [3.8, 4) is 5.75 Å². The van der Waals surface area contributed by atoms with Crippen LogP contribution in [0.2, 0.25) is 0 Å². The van der Waals surface area contributed by atoms with E-state index in [1.807, 2.05) is 0 Å². The highest BCUT2D eigenvalue weighted by Crippen LogP contribution is 2.19. The highest BCUT2D eigenvalue weighted by atomic mass is 32.2.